The second-order valence-corrected chi connectivity index (χ2v) is 8.42. The van der Waals surface area contributed by atoms with Crippen molar-refractivity contribution in [1.29, 1.82) is 0 Å². The van der Waals surface area contributed by atoms with Gasteiger partial charge in [0, 0.05) is 12.0 Å². The molecule has 33 heavy (non-hydrogen) atoms. The van der Waals surface area contributed by atoms with Gasteiger partial charge in [-0.15, -0.1) is 0 Å². The van der Waals surface area contributed by atoms with Gasteiger partial charge in [0.1, 0.15) is 12.1 Å². The van der Waals surface area contributed by atoms with E-state index in [1.807, 2.05) is 57.2 Å². The van der Waals surface area contributed by atoms with Gasteiger partial charge in [-0.05, 0) is 41.5 Å². The van der Waals surface area contributed by atoms with Gasteiger partial charge in [0.2, 0.25) is 5.91 Å². The molecule has 0 saturated heterocycles. The lowest BCUT2D eigenvalue weighted by Gasteiger charge is -2.32. The number of nitrogens with one attached hydrogen (secondary N) is 2. The number of carboxylic acids is 1. The number of ether oxygens (including phenoxy) is 1. The molecule has 3 rings (SSSR count). The molecule has 176 valence electrons. The number of rotatable bonds is 10. The van der Waals surface area contributed by atoms with Crippen molar-refractivity contribution in [3.8, 4) is 11.1 Å². The molecule has 0 aliphatic heterocycles. The average Bonchev–Trinajstić information content (AvgIpc) is 3.14. The molecular weight excluding hydrogens is 420 g/mol. The summed E-state index contributed by atoms with van der Waals surface area (Å²) in [6, 6.07) is 15.7. The van der Waals surface area contributed by atoms with Crippen LogP contribution < -0.4 is 10.6 Å². The summed E-state index contributed by atoms with van der Waals surface area (Å²) in [6.45, 7) is 5.59. The van der Waals surface area contributed by atoms with E-state index in [0.717, 1.165) is 22.3 Å². The molecule has 0 fully saturated rings. The van der Waals surface area contributed by atoms with Gasteiger partial charge in [-0.2, -0.15) is 0 Å². The highest BCUT2D eigenvalue weighted by Crippen LogP contribution is 2.44. The minimum Gasteiger partial charge on any atom is -0.481 e. The van der Waals surface area contributed by atoms with Crippen molar-refractivity contribution in [2.45, 2.75) is 64.0 Å². The van der Waals surface area contributed by atoms with E-state index < -0.39 is 29.6 Å². The summed E-state index contributed by atoms with van der Waals surface area (Å²) < 4.78 is 5.62. The van der Waals surface area contributed by atoms with Crippen LogP contribution >= 0.6 is 0 Å². The number of carboxylic acid groups (broad SMARTS) is 1. The standard InChI is InChI=1S/C26H32N2O5/c1-4-17(15-23(29)30)27-24(31)26(5-2,6-3)28-25(32)33-16-22-20-13-9-7-11-18(20)19-12-8-10-14-21(19)22/h7-14,17,22H,4-6,15-16H2,1-3H3,(H,27,31)(H,28,32)(H,29,30). The number of alkyl carbamates (subject to hydrolysis) is 1. The number of carbonyl (C=O) groups excluding carboxylic acids is 2. The summed E-state index contributed by atoms with van der Waals surface area (Å²) >= 11 is 0. The summed E-state index contributed by atoms with van der Waals surface area (Å²) in [7, 11) is 0. The van der Waals surface area contributed by atoms with Gasteiger partial charge in [0.05, 0.1) is 6.42 Å². The Labute approximate surface area is 194 Å². The van der Waals surface area contributed by atoms with E-state index in [9.17, 15) is 14.4 Å². The first-order valence-electron chi connectivity index (χ1n) is 11.5. The summed E-state index contributed by atoms with van der Waals surface area (Å²) in [5.41, 5.74) is 3.33. The number of amides is 2. The van der Waals surface area contributed by atoms with E-state index in [-0.39, 0.29) is 18.9 Å². The topological polar surface area (TPSA) is 105 Å². The zero-order chi connectivity index (χ0) is 24.0. The Morgan fingerprint density at radius 2 is 1.52 bits per heavy atom. The van der Waals surface area contributed by atoms with E-state index in [1.54, 1.807) is 0 Å². The first kappa shape index (κ1) is 24.3. The molecule has 7 heteroatoms. The molecule has 2 aromatic carbocycles. The van der Waals surface area contributed by atoms with Crippen LogP contribution in [0.15, 0.2) is 48.5 Å². The SMILES string of the molecule is CCC(CC(=O)O)NC(=O)C(CC)(CC)NC(=O)OCC1c2ccccc2-c2ccccc21. The van der Waals surface area contributed by atoms with Crippen molar-refractivity contribution in [1.82, 2.24) is 10.6 Å². The van der Waals surface area contributed by atoms with Gasteiger partial charge < -0.3 is 20.5 Å². The first-order chi connectivity index (χ1) is 15.8. The van der Waals surface area contributed by atoms with Crippen molar-refractivity contribution >= 4 is 18.0 Å². The third-order valence-electron chi connectivity index (χ3n) is 6.58. The maximum Gasteiger partial charge on any atom is 0.408 e. The lowest BCUT2D eigenvalue weighted by atomic mass is 9.91. The molecule has 1 aliphatic rings. The van der Waals surface area contributed by atoms with Gasteiger partial charge in [-0.3, -0.25) is 9.59 Å². The van der Waals surface area contributed by atoms with Crippen LogP contribution in [0.2, 0.25) is 0 Å². The average molecular weight is 453 g/mol. The molecule has 1 atom stereocenters. The van der Waals surface area contributed by atoms with Gasteiger partial charge in [0.25, 0.3) is 0 Å². The molecular formula is C26H32N2O5. The van der Waals surface area contributed by atoms with Crippen LogP contribution in [0.3, 0.4) is 0 Å². The maximum atomic E-state index is 13.0. The highest BCUT2D eigenvalue weighted by molar-refractivity contribution is 5.90. The molecule has 2 amide bonds. The Bertz CT molecular complexity index is 970. The van der Waals surface area contributed by atoms with Gasteiger partial charge >= 0.3 is 12.1 Å². The van der Waals surface area contributed by atoms with Crippen LogP contribution in [0.5, 0.6) is 0 Å². The normalized spacial score (nSPS) is 13.5. The van der Waals surface area contributed by atoms with Crippen molar-refractivity contribution in [3.63, 3.8) is 0 Å². The van der Waals surface area contributed by atoms with Crippen LogP contribution in [-0.2, 0) is 14.3 Å². The highest BCUT2D eigenvalue weighted by atomic mass is 16.5. The van der Waals surface area contributed by atoms with Gasteiger partial charge in [0.15, 0.2) is 0 Å². The van der Waals surface area contributed by atoms with Crippen LogP contribution in [0.25, 0.3) is 11.1 Å². The predicted octanol–water partition coefficient (Wildman–Crippen LogP) is 4.45. The number of hydrogen-bond acceptors (Lipinski definition) is 4. The van der Waals surface area contributed by atoms with Crippen molar-refractivity contribution in [3.05, 3.63) is 59.7 Å². The quantitative estimate of drug-likeness (QED) is 0.494. The Kier molecular flexibility index (Phi) is 7.74. The third kappa shape index (κ3) is 5.18. The molecule has 7 nitrogen and oxygen atoms in total. The van der Waals surface area contributed by atoms with Crippen LogP contribution in [0, 0.1) is 0 Å². The lowest BCUT2D eigenvalue weighted by molar-refractivity contribution is -0.138. The highest BCUT2D eigenvalue weighted by Gasteiger charge is 2.38. The van der Waals surface area contributed by atoms with E-state index in [0.29, 0.717) is 19.3 Å². The van der Waals surface area contributed by atoms with Crippen LogP contribution in [0.1, 0.15) is 63.5 Å². The summed E-state index contributed by atoms with van der Waals surface area (Å²) in [5.74, 6) is -1.45. The minimum atomic E-state index is -1.17. The van der Waals surface area contributed by atoms with E-state index in [4.69, 9.17) is 9.84 Å². The van der Waals surface area contributed by atoms with E-state index in [2.05, 4.69) is 22.8 Å². The zero-order valence-electron chi connectivity index (χ0n) is 19.4. The third-order valence-corrected chi connectivity index (χ3v) is 6.58. The Balaban J connectivity index is 1.69. The van der Waals surface area contributed by atoms with Crippen molar-refractivity contribution < 1.29 is 24.2 Å². The molecule has 2 aromatic rings. The summed E-state index contributed by atoms with van der Waals surface area (Å²) in [6.07, 6.45) is 0.344. The van der Waals surface area contributed by atoms with Crippen LogP contribution in [-0.4, -0.2) is 41.3 Å². The summed E-state index contributed by atoms with van der Waals surface area (Å²) in [4.78, 5) is 36.9. The molecule has 0 heterocycles. The monoisotopic (exact) mass is 452 g/mol. The maximum absolute atomic E-state index is 13.0. The first-order valence-corrected chi connectivity index (χ1v) is 11.5. The minimum absolute atomic E-state index is 0.0744. The molecule has 0 aromatic heterocycles. The zero-order valence-corrected chi connectivity index (χ0v) is 19.4. The van der Waals surface area contributed by atoms with Crippen molar-refractivity contribution in [2.24, 2.45) is 0 Å². The molecule has 3 N–H and O–H groups in total. The molecule has 1 aliphatic carbocycles. The molecule has 0 bridgehead atoms. The molecule has 1 unspecified atom stereocenters. The van der Waals surface area contributed by atoms with Gasteiger partial charge in [-0.1, -0.05) is 69.3 Å². The Morgan fingerprint density at radius 3 is 2.00 bits per heavy atom. The smallest absolute Gasteiger partial charge is 0.408 e. The Morgan fingerprint density at radius 1 is 0.970 bits per heavy atom. The molecule has 0 radical (unpaired) electrons. The fraction of sp³-hybridized carbons (Fsp3) is 0.423. The number of hydrogen-bond donors (Lipinski definition) is 3. The van der Waals surface area contributed by atoms with E-state index >= 15 is 0 Å². The molecule has 0 spiro atoms. The van der Waals surface area contributed by atoms with Crippen molar-refractivity contribution in [2.75, 3.05) is 6.61 Å². The number of aliphatic carboxylic acids is 1. The van der Waals surface area contributed by atoms with E-state index in [1.165, 1.54) is 0 Å². The number of fused-ring (bicyclic) bond motifs is 3. The fourth-order valence-electron chi connectivity index (χ4n) is 4.47. The lowest BCUT2D eigenvalue weighted by Crippen LogP contribution is -2.60. The largest absolute Gasteiger partial charge is 0.481 e. The number of carbonyl (C=O) groups is 3. The number of benzene rings is 2. The van der Waals surface area contributed by atoms with Crippen LogP contribution in [0.4, 0.5) is 4.79 Å². The Hall–Kier alpha value is -3.35. The fourth-order valence-corrected chi connectivity index (χ4v) is 4.47. The van der Waals surface area contributed by atoms with Gasteiger partial charge in [-0.25, -0.2) is 4.79 Å². The predicted molar refractivity (Wildman–Crippen MR) is 126 cm³/mol. The molecule has 0 saturated carbocycles. The summed E-state index contributed by atoms with van der Waals surface area (Å²) in [5, 5.41) is 14.6. The second-order valence-electron chi connectivity index (χ2n) is 8.42. The second kappa shape index (κ2) is 10.5.